The minimum Gasteiger partial charge on any atom is -0.494 e. The molecule has 3 aromatic rings. The predicted octanol–water partition coefficient (Wildman–Crippen LogP) is 7.07. The van der Waals surface area contributed by atoms with Gasteiger partial charge in [-0.25, -0.2) is 19.2 Å². The molecule has 0 aliphatic heterocycles. The molecule has 0 saturated heterocycles. The zero-order chi connectivity index (χ0) is 33.7. The van der Waals surface area contributed by atoms with E-state index in [1.54, 1.807) is 48.5 Å². The molecule has 10 heteroatoms. The maximum atomic E-state index is 12.6. The summed E-state index contributed by atoms with van der Waals surface area (Å²) in [5, 5.41) is 0. The van der Waals surface area contributed by atoms with Crippen LogP contribution in [0.3, 0.4) is 0 Å². The van der Waals surface area contributed by atoms with Crippen LogP contribution in [0.25, 0.3) is 0 Å². The van der Waals surface area contributed by atoms with Gasteiger partial charge in [0.25, 0.3) is 0 Å². The molecule has 0 atom stereocenters. The van der Waals surface area contributed by atoms with Crippen LogP contribution >= 0.6 is 0 Å². The number of carbonyl (C=O) groups excluding carboxylic acids is 4. The van der Waals surface area contributed by atoms with Crippen LogP contribution in [0.2, 0.25) is 0 Å². The first-order chi connectivity index (χ1) is 22.9. The second-order valence-corrected chi connectivity index (χ2v) is 10.2. The van der Waals surface area contributed by atoms with Crippen molar-refractivity contribution in [2.24, 2.45) is 0 Å². The van der Waals surface area contributed by atoms with Gasteiger partial charge in [0.1, 0.15) is 23.0 Å². The second kappa shape index (κ2) is 20.6. The molecule has 0 aliphatic rings. The average Bonchev–Trinajstić information content (AvgIpc) is 3.09. The van der Waals surface area contributed by atoms with Gasteiger partial charge in [-0.2, -0.15) is 0 Å². The Bertz CT molecular complexity index is 1440. The lowest BCUT2D eigenvalue weighted by Gasteiger charge is -2.09. The topological polar surface area (TPSA) is 124 Å². The molecule has 0 radical (unpaired) electrons. The number of carbonyl (C=O) groups is 4. The van der Waals surface area contributed by atoms with Crippen LogP contribution in [0.4, 0.5) is 0 Å². The smallest absolute Gasteiger partial charge is 0.343 e. The Labute approximate surface area is 274 Å². The normalized spacial score (nSPS) is 10.3. The van der Waals surface area contributed by atoms with Gasteiger partial charge in [0.05, 0.1) is 37.6 Å². The van der Waals surface area contributed by atoms with E-state index in [9.17, 15) is 19.2 Å². The van der Waals surface area contributed by atoms with Crippen molar-refractivity contribution in [1.82, 2.24) is 0 Å². The maximum Gasteiger partial charge on any atom is 0.343 e. The van der Waals surface area contributed by atoms with Gasteiger partial charge in [-0.05, 0) is 118 Å². The molecule has 3 rings (SSSR count). The third-order valence-corrected chi connectivity index (χ3v) is 6.61. The SMILES string of the molecule is C=CC(=O)OCCCCCCOc1ccc(C(=O)Oc2ccc(C(=O)Oc3ccc(OCCCCCOC(=O)C=C)cc3)cc2)cc1. The minimum absolute atomic E-state index is 0.283. The minimum atomic E-state index is -0.557. The summed E-state index contributed by atoms with van der Waals surface area (Å²) < 4.78 is 32.2. The van der Waals surface area contributed by atoms with Crippen molar-refractivity contribution < 1.29 is 47.6 Å². The number of benzene rings is 3. The van der Waals surface area contributed by atoms with Gasteiger partial charge in [0.15, 0.2) is 0 Å². The van der Waals surface area contributed by atoms with Gasteiger partial charge in [-0.3, -0.25) is 0 Å². The lowest BCUT2D eigenvalue weighted by atomic mass is 10.2. The standard InChI is InChI=1S/C37H40O10/c1-3-34(38)44-26-9-6-5-8-24-42-30-16-12-28(13-17-30)36(40)46-32-18-14-29(15-19-32)37(41)47-33-22-20-31(21-23-33)43-25-10-7-11-27-45-35(39)4-2/h3-4,12-23H,1-2,5-11,24-27H2. The van der Waals surface area contributed by atoms with E-state index in [1.807, 2.05) is 0 Å². The molecule has 0 aliphatic carbocycles. The Hall–Kier alpha value is -5.38. The summed E-state index contributed by atoms with van der Waals surface area (Å²) in [5.41, 5.74) is 0.649. The molecule has 0 spiro atoms. The van der Waals surface area contributed by atoms with Crippen LogP contribution in [0.1, 0.15) is 65.7 Å². The highest BCUT2D eigenvalue weighted by Crippen LogP contribution is 2.21. The van der Waals surface area contributed by atoms with Gasteiger partial charge in [0, 0.05) is 12.2 Å². The van der Waals surface area contributed by atoms with Gasteiger partial charge in [-0.1, -0.05) is 13.2 Å². The van der Waals surface area contributed by atoms with Crippen LogP contribution in [-0.4, -0.2) is 50.3 Å². The van der Waals surface area contributed by atoms with Gasteiger partial charge in [-0.15, -0.1) is 0 Å². The molecule has 0 unspecified atom stereocenters. The third kappa shape index (κ3) is 14.1. The molecule has 248 valence electrons. The average molecular weight is 645 g/mol. The Kier molecular flexibility index (Phi) is 15.8. The van der Waals surface area contributed by atoms with Crippen molar-refractivity contribution in [3.8, 4) is 23.0 Å². The van der Waals surface area contributed by atoms with Crippen molar-refractivity contribution in [1.29, 1.82) is 0 Å². The van der Waals surface area contributed by atoms with Crippen molar-refractivity contribution >= 4 is 23.9 Å². The fourth-order valence-electron chi connectivity index (χ4n) is 4.06. The van der Waals surface area contributed by atoms with E-state index in [1.165, 1.54) is 24.3 Å². The summed E-state index contributed by atoms with van der Waals surface area (Å²) in [7, 11) is 0. The molecular weight excluding hydrogens is 604 g/mol. The summed E-state index contributed by atoms with van der Waals surface area (Å²) in [6.45, 7) is 8.49. The first kappa shape index (κ1) is 36.1. The molecule has 0 bridgehead atoms. The lowest BCUT2D eigenvalue weighted by Crippen LogP contribution is -2.10. The van der Waals surface area contributed by atoms with Crippen LogP contribution in [-0.2, 0) is 19.1 Å². The number of esters is 4. The summed E-state index contributed by atoms with van der Waals surface area (Å²) in [6, 6.07) is 19.5. The number of unbranched alkanes of at least 4 members (excludes halogenated alkanes) is 5. The van der Waals surface area contributed by atoms with E-state index < -0.39 is 23.9 Å². The number of ether oxygens (including phenoxy) is 6. The predicted molar refractivity (Wildman–Crippen MR) is 175 cm³/mol. The van der Waals surface area contributed by atoms with E-state index >= 15 is 0 Å². The Balaban J connectivity index is 1.33. The van der Waals surface area contributed by atoms with Crippen LogP contribution in [0.5, 0.6) is 23.0 Å². The highest BCUT2D eigenvalue weighted by Gasteiger charge is 2.12. The zero-order valence-electron chi connectivity index (χ0n) is 26.4. The zero-order valence-corrected chi connectivity index (χ0v) is 26.4. The molecular formula is C37H40O10. The highest BCUT2D eigenvalue weighted by atomic mass is 16.5. The van der Waals surface area contributed by atoms with Crippen molar-refractivity contribution in [2.45, 2.75) is 44.9 Å². The quantitative estimate of drug-likeness (QED) is 0.0515. The van der Waals surface area contributed by atoms with E-state index in [4.69, 9.17) is 28.4 Å². The fourth-order valence-corrected chi connectivity index (χ4v) is 4.06. The third-order valence-electron chi connectivity index (χ3n) is 6.61. The molecule has 0 N–H and O–H groups in total. The number of rotatable bonds is 21. The van der Waals surface area contributed by atoms with E-state index in [-0.39, 0.29) is 5.75 Å². The van der Waals surface area contributed by atoms with Crippen LogP contribution in [0, 0.1) is 0 Å². The Morgan fingerprint density at radius 2 is 0.766 bits per heavy atom. The monoisotopic (exact) mass is 644 g/mol. The lowest BCUT2D eigenvalue weighted by molar-refractivity contribution is -0.138. The molecule has 0 heterocycles. The Morgan fingerprint density at radius 1 is 0.447 bits per heavy atom. The first-order valence-corrected chi connectivity index (χ1v) is 15.5. The Morgan fingerprint density at radius 3 is 1.17 bits per heavy atom. The van der Waals surface area contributed by atoms with Gasteiger partial charge >= 0.3 is 23.9 Å². The summed E-state index contributed by atoms with van der Waals surface area (Å²) >= 11 is 0. The van der Waals surface area contributed by atoms with Gasteiger partial charge in [0.2, 0.25) is 0 Å². The summed E-state index contributed by atoms with van der Waals surface area (Å²) in [6.07, 6.45) is 8.20. The molecule has 0 fully saturated rings. The largest absolute Gasteiger partial charge is 0.494 e. The van der Waals surface area contributed by atoms with Crippen molar-refractivity contribution in [2.75, 3.05) is 26.4 Å². The maximum absolute atomic E-state index is 12.6. The molecule has 0 amide bonds. The summed E-state index contributed by atoms with van der Waals surface area (Å²) in [5.74, 6) is 0.0000574. The first-order valence-electron chi connectivity index (χ1n) is 15.5. The fraction of sp³-hybridized carbons (Fsp3) is 0.297. The molecule has 10 nitrogen and oxygen atoms in total. The van der Waals surface area contributed by atoms with E-state index in [2.05, 4.69) is 13.2 Å². The summed E-state index contributed by atoms with van der Waals surface area (Å²) in [4.78, 5) is 47.2. The number of hydrogen-bond donors (Lipinski definition) is 0. The molecule has 3 aromatic carbocycles. The van der Waals surface area contributed by atoms with E-state index in [0.29, 0.717) is 54.8 Å². The van der Waals surface area contributed by atoms with Gasteiger partial charge < -0.3 is 28.4 Å². The second-order valence-electron chi connectivity index (χ2n) is 10.2. The molecule has 0 saturated carbocycles. The van der Waals surface area contributed by atoms with Crippen LogP contribution in [0.15, 0.2) is 98.1 Å². The van der Waals surface area contributed by atoms with Crippen LogP contribution < -0.4 is 18.9 Å². The van der Waals surface area contributed by atoms with Crippen molar-refractivity contribution in [3.05, 3.63) is 109 Å². The highest BCUT2D eigenvalue weighted by molar-refractivity contribution is 5.92. The molecule has 47 heavy (non-hydrogen) atoms. The molecule has 0 aromatic heterocycles. The number of hydrogen-bond acceptors (Lipinski definition) is 10. The van der Waals surface area contributed by atoms with Crippen molar-refractivity contribution in [3.63, 3.8) is 0 Å². The van der Waals surface area contributed by atoms with E-state index in [0.717, 1.165) is 57.1 Å².